The Hall–Kier alpha value is 0.200. The second kappa shape index (κ2) is 7.47. The second-order valence-corrected chi connectivity index (χ2v) is 5.26. The van der Waals surface area contributed by atoms with Crippen LogP contribution in [0.4, 0.5) is 0 Å². The number of hydrogen-bond donors (Lipinski definition) is 1. The fourth-order valence-electron chi connectivity index (χ4n) is 1.44. The summed E-state index contributed by atoms with van der Waals surface area (Å²) in [5.41, 5.74) is 7.43. The predicted octanol–water partition coefficient (Wildman–Crippen LogP) is 4.15. The predicted molar refractivity (Wildman–Crippen MR) is 77.4 cm³/mol. The van der Waals surface area contributed by atoms with Crippen molar-refractivity contribution < 1.29 is 0 Å². The van der Waals surface area contributed by atoms with Gasteiger partial charge in [0.25, 0.3) is 0 Å². The lowest BCUT2D eigenvalue weighted by atomic mass is 9.98. The molecule has 0 amide bonds. The molecular weight excluding hydrogens is 320 g/mol. The maximum Gasteiger partial charge on any atom is 0.0305 e. The van der Waals surface area contributed by atoms with Crippen LogP contribution in [0.15, 0.2) is 24.3 Å². The maximum atomic E-state index is 6.14. The lowest BCUT2D eigenvalue weighted by molar-refractivity contribution is 0.506. The highest BCUT2D eigenvalue weighted by atomic mass is 127. The molecule has 3 heteroatoms. The first kappa shape index (κ1) is 15.2. The van der Waals surface area contributed by atoms with E-state index in [2.05, 4.69) is 60.7 Å². The van der Waals surface area contributed by atoms with Crippen LogP contribution in [0.3, 0.4) is 0 Å². The van der Waals surface area contributed by atoms with Crippen molar-refractivity contribution in [1.29, 1.82) is 0 Å². The van der Waals surface area contributed by atoms with Crippen molar-refractivity contribution in [2.75, 3.05) is 0 Å². The quantitative estimate of drug-likeness (QED) is 0.819. The van der Waals surface area contributed by atoms with Gasteiger partial charge in [-0.1, -0.05) is 32.0 Å². The smallest absolute Gasteiger partial charge is 0.0305 e. The van der Waals surface area contributed by atoms with Gasteiger partial charge in [-0.25, -0.2) is 0 Å². The molecule has 2 N–H and O–H groups in total. The summed E-state index contributed by atoms with van der Waals surface area (Å²) < 4.78 is 1.28. The number of rotatable bonds is 4. The summed E-state index contributed by atoms with van der Waals surface area (Å²) in [6.07, 6.45) is 2.28. The fraction of sp³-hybridized carbons (Fsp3) is 0.500. The Morgan fingerprint density at radius 2 is 1.80 bits per heavy atom. The highest BCUT2D eigenvalue weighted by Crippen LogP contribution is 2.22. The van der Waals surface area contributed by atoms with Gasteiger partial charge in [0, 0.05) is 9.61 Å². The van der Waals surface area contributed by atoms with Crippen LogP contribution in [0.2, 0.25) is 0 Å². The first-order valence-corrected chi connectivity index (χ1v) is 6.19. The summed E-state index contributed by atoms with van der Waals surface area (Å²) in [5, 5.41) is 0. The molecular formula is C12H19ClIN. The van der Waals surface area contributed by atoms with Crippen LogP contribution < -0.4 is 5.73 Å². The highest BCUT2D eigenvalue weighted by molar-refractivity contribution is 14.1. The molecule has 15 heavy (non-hydrogen) atoms. The molecule has 0 spiro atoms. The minimum Gasteiger partial charge on any atom is -0.324 e. The minimum absolute atomic E-state index is 0. The number of benzene rings is 1. The average molecular weight is 340 g/mol. The number of halogens is 2. The molecule has 0 aliphatic carbocycles. The summed E-state index contributed by atoms with van der Waals surface area (Å²) in [7, 11) is 0. The third kappa shape index (κ3) is 5.18. The summed E-state index contributed by atoms with van der Waals surface area (Å²) in [5.74, 6) is 0.738. The van der Waals surface area contributed by atoms with Gasteiger partial charge in [0.15, 0.2) is 0 Å². The Labute approximate surface area is 112 Å². The second-order valence-electron chi connectivity index (χ2n) is 4.10. The molecule has 0 aliphatic heterocycles. The van der Waals surface area contributed by atoms with Crippen LogP contribution in [0.5, 0.6) is 0 Å². The highest BCUT2D eigenvalue weighted by Gasteiger charge is 2.09. The fourth-order valence-corrected chi connectivity index (χ4v) is 2.23. The zero-order valence-electron chi connectivity index (χ0n) is 9.24. The molecule has 0 heterocycles. The molecule has 1 aromatic rings. The number of nitrogens with two attached hydrogens (primary N) is 1. The van der Waals surface area contributed by atoms with Crippen molar-refractivity contribution in [3.8, 4) is 0 Å². The summed E-state index contributed by atoms with van der Waals surface area (Å²) in [6, 6.07) is 8.57. The van der Waals surface area contributed by atoms with Crippen molar-refractivity contribution in [2.45, 2.75) is 32.7 Å². The molecule has 1 atom stereocenters. The first-order chi connectivity index (χ1) is 6.61. The zero-order valence-corrected chi connectivity index (χ0v) is 12.2. The van der Waals surface area contributed by atoms with Crippen LogP contribution in [0.1, 0.15) is 38.3 Å². The van der Waals surface area contributed by atoms with Gasteiger partial charge in [-0.2, -0.15) is 0 Å². The summed E-state index contributed by atoms with van der Waals surface area (Å²) in [4.78, 5) is 0. The first-order valence-electron chi connectivity index (χ1n) is 5.11. The van der Waals surface area contributed by atoms with Gasteiger partial charge in [-0.05, 0) is 53.0 Å². The van der Waals surface area contributed by atoms with Crippen LogP contribution >= 0.6 is 35.0 Å². The van der Waals surface area contributed by atoms with Crippen molar-refractivity contribution in [3.05, 3.63) is 33.4 Å². The van der Waals surface area contributed by atoms with E-state index >= 15 is 0 Å². The van der Waals surface area contributed by atoms with Crippen LogP contribution in [-0.4, -0.2) is 0 Å². The molecule has 1 aromatic carbocycles. The Balaban J connectivity index is 0.00000196. The molecule has 86 valence electrons. The van der Waals surface area contributed by atoms with Gasteiger partial charge in [-0.3, -0.25) is 0 Å². The van der Waals surface area contributed by atoms with E-state index < -0.39 is 0 Å². The van der Waals surface area contributed by atoms with E-state index in [1.165, 1.54) is 15.6 Å². The van der Waals surface area contributed by atoms with Crippen molar-refractivity contribution in [1.82, 2.24) is 0 Å². The van der Waals surface area contributed by atoms with Gasteiger partial charge >= 0.3 is 0 Å². The maximum absolute atomic E-state index is 6.14. The minimum atomic E-state index is 0. The van der Waals surface area contributed by atoms with Crippen molar-refractivity contribution in [2.24, 2.45) is 11.7 Å². The molecule has 1 nitrogen and oxygen atoms in total. The van der Waals surface area contributed by atoms with Crippen molar-refractivity contribution in [3.63, 3.8) is 0 Å². The zero-order chi connectivity index (χ0) is 10.6. The monoisotopic (exact) mass is 339 g/mol. The lowest BCUT2D eigenvalue weighted by Crippen LogP contribution is -2.12. The van der Waals surface area contributed by atoms with Gasteiger partial charge in [0.2, 0.25) is 0 Å². The Morgan fingerprint density at radius 3 is 2.33 bits per heavy atom. The van der Waals surface area contributed by atoms with E-state index in [4.69, 9.17) is 5.73 Å². The van der Waals surface area contributed by atoms with Crippen LogP contribution in [0, 0.1) is 9.49 Å². The van der Waals surface area contributed by atoms with E-state index in [0.29, 0.717) is 0 Å². The third-order valence-corrected chi connectivity index (χ3v) is 3.34. The molecule has 0 radical (unpaired) electrons. The van der Waals surface area contributed by atoms with E-state index in [1.54, 1.807) is 0 Å². The number of hydrogen-bond acceptors (Lipinski definition) is 1. The molecule has 0 saturated heterocycles. The standard InChI is InChI=1S/C12H18IN.ClH/c1-9(2)7-8-12(14)10-5-3-4-6-11(10)13;/h3-6,9,12H,7-8,14H2,1-2H3;1H/t12-;/m1./s1. The van der Waals surface area contributed by atoms with Gasteiger partial charge in [0.05, 0.1) is 0 Å². The molecule has 0 aromatic heterocycles. The lowest BCUT2D eigenvalue weighted by Gasteiger charge is -2.14. The molecule has 0 bridgehead atoms. The summed E-state index contributed by atoms with van der Waals surface area (Å²) in [6.45, 7) is 4.48. The molecule has 0 saturated carbocycles. The normalized spacial score (nSPS) is 12.3. The SMILES string of the molecule is CC(C)CC[C@@H](N)c1ccccc1I.Cl. The average Bonchev–Trinajstić information content (AvgIpc) is 2.15. The summed E-state index contributed by atoms with van der Waals surface area (Å²) >= 11 is 2.35. The van der Waals surface area contributed by atoms with Crippen LogP contribution in [-0.2, 0) is 0 Å². The van der Waals surface area contributed by atoms with Gasteiger partial charge in [0.1, 0.15) is 0 Å². The molecule has 0 aliphatic rings. The Morgan fingerprint density at radius 1 is 1.20 bits per heavy atom. The van der Waals surface area contributed by atoms with Crippen molar-refractivity contribution >= 4 is 35.0 Å². The van der Waals surface area contributed by atoms with E-state index in [1.807, 2.05) is 0 Å². The Bertz CT molecular complexity index is 289. The Kier molecular flexibility index (Phi) is 7.57. The molecule has 0 fully saturated rings. The molecule has 0 unspecified atom stereocenters. The van der Waals surface area contributed by atoms with E-state index in [9.17, 15) is 0 Å². The van der Waals surface area contributed by atoms with Crippen LogP contribution in [0.25, 0.3) is 0 Å². The largest absolute Gasteiger partial charge is 0.324 e. The third-order valence-electron chi connectivity index (χ3n) is 2.36. The van der Waals surface area contributed by atoms with E-state index in [-0.39, 0.29) is 18.4 Å². The molecule has 1 rings (SSSR count). The van der Waals surface area contributed by atoms with Gasteiger partial charge in [-0.15, -0.1) is 12.4 Å². The van der Waals surface area contributed by atoms with E-state index in [0.717, 1.165) is 12.3 Å². The van der Waals surface area contributed by atoms with Gasteiger partial charge < -0.3 is 5.73 Å². The topological polar surface area (TPSA) is 26.0 Å².